The Morgan fingerprint density at radius 2 is 2.25 bits per heavy atom. The Bertz CT molecular complexity index is 640. The van der Waals surface area contributed by atoms with Crippen LogP contribution in [-0.2, 0) is 9.53 Å². The first-order chi connectivity index (χ1) is 11.2. The Labute approximate surface area is 148 Å². The summed E-state index contributed by atoms with van der Waals surface area (Å²) in [5, 5.41) is 20.4. The van der Waals surface area contributed by atoms with Gasteiger partial charge in [-0.15, -0.1) is 0 Å². The van der Waals surface area contributed by atoms with E-state index < -0.39 is 23.4 Å². The number of ketones is 1. The van der Waals surface area contributed by atoms with Gasteiger partial charge in [0.15, 0.2) is 5.60 Å². The average Bonchev–Trinajstić information content (AvgIpc) is 2.56. The van der Waals surface area contributed by atoms with Crippen LogP contribution in [0.5, 0.6) is 0 Å². The summed E-state index contributed by atoms with van der Waals surface area (Å²) < 4.78 is 5.65. The van der Waals surface area contributed by atoms with Gasteiger partial charge in [0.1, 0.15) is 11.9 Å². The first-order valence-corrected chi connectivity index (χ1v) is 8.62. The van der Waals surface area contributed by atoms with Crippen LogP contribution in [0.3, 0.4) is 0 Å². The predicted molar refractivity (Wildman–Crippen MR) is 94.4 cm³/mol. The van der Waals surface area contributed by atoms with E-state index in [1.165, 1.54) is 6.92 Å². The molecule has 2 rings (SSSR count). The first-order valence-electron chi connectivity index (χ1n) is 8.24. The summed E-state index contributed by atoms with van der Waals surface area (Å²) in [6, 6.07) is 0. The van der Waals surface area contributed by atoms with Crippen molar-refractivity contribution in [3.8, 4) is 0 Å². The zero-order valence-electron chi connectivity index (χ0n) is 14.5. The van der Waals surface area contributed by atoms with Crippen LogP contribution in [0.2, 0.25) is 0 Å². The minimum atomic E-state index is -1.88. The lowest BCUT2D eigenvalue weighted by atomic mass is 9.75. The van der Waals surface area contributed by atoms with Gasteiger partial charge >= 0.3 is 0 Å². The highest BCUT2D eigenvalue weighted by Gasteiger charge is 2.50. The first kappa shape index (κ1) is 19.0. The summed E-state index contributed by atoms with van der Waals surface area (Å²) >= 11 is 6.13. The monoisotopic (exact) mass is 352 g/mol. The fourth-order valence-corrected chi connectivity index (χ4v) is 3.26. The van der Waals surface area contributed by atoms with Crippen molar-refractivity contribution < 1.29 is 19.7 Å². The van der Waals surface area contributed by atoms with Crippen LogP contribution in [0.4, 0.5) is 0 Å². The predicted octanol–water partition coefficient (Wildman–Crippen LogP) is 3.25. The Balaban J connectivity index is 2.28. The second-order valence-corrected chi connectivity index (χ2v) is 7.16. The number of Topliss-reactive ketones (excluding diaryl/α,β-unsaturated/α-hetero) is 1. The third kappa shape index (κ3) is 3.66. The average molecular weight is 353 g/mol. The van der Waals surface area contributed by atoms with Crippen LogP contribution >= 0.6 is 11.6 Å². The molecule has 1 aliphatic carbocycles. The number of ether oxygens (including phenoxy) is 1. The van der Waals surface area contributed by atoms with Crippen LogP contribution in [0, 0.1) is 11.8 Å². The molecule has 0 amide bonds. The van der Waals surface area contributed by atoms with Gasteiger partial charge in [0.2, 0.25) is 5.78 Å². The van der Waals surface area contributed by atoms with E-state index in [4.69, 9.17) is 16.3 Å². The lowest BCUT2D eigenvalue weighted by Gasteiger charge is -2.40. The van der Waals surface area contributed by atoms with Crippen LogP contribution in [-0.4, -0.2) is 34.3 Å². The Kier molecular flexibility index (Phi) is 5.74. The molecule has 1 aliphatic heterocycles. The minimum absolute atomic E-state index is 0.0311. The number of hydrogen-bond acceptors (Lipinski definition) is 4. The van der Waals surface area contributed by atoms with E-state index in [0.29, 0.717) is 17.3 Å². The molecule has 0 aromatic heterocycles. The van der Waals surface area contributed by atoms with Crippen molar-refractivity contribution in [2.75, 3.05) is 6.61 Å². The molecule has 4 nitrogen and oxygen atoms in total. The van der Waals surface area contributed by atoms with E-state index in [0.717, 1.165) is 12.0 Å². The van der Waals surface area contributed by atoms with Crippen molar-refractivity contribution in [2.24, 2.45) is 11.8 Å². The highest BCUT2D eigenvalue weighted by atomic mass is 35.5. The van der Waals surface area contributed by atoms with Gasteiger partial charge in [-0.25, -0.2) is 0 Å². The summed E-state index contributed by atoms with van der Waals surface area (Å²) in [7, 11) is 0. The summed E-state index contributed by atoms with van der Waals surface area (Å²) in [6.07, 6.45) is 7.46. The number of hydrogen-bond donors (Lipinski definition) is 2. The summed E-state index contributed by atoms with van der Waals surface area (Å²) in [5.74, 6) is -0.0834. The van der Waals surface area contributed by atoms with E-state index in [1.54, 1.807) is 6.08 Å². The molecule has 132 valence electrons. The topological polar surface area (TPSA) is 66.8 Å². The Morgan fingerprint density at radius 1 is 1.58 bits per heavy atom. The highest BCUT2D eigenvalue weighted by molar-refractivity contribution is 6.44. The molecule has 2 aliphatic rings. The largest absolute Gasteiger partial charge is 0.493 e. The van der Waals surface area contributed by atoms with E-state index in [1.807, 2.05) is 19.1 Å². The Hall–Kier alpha value is -1.36. The number of carbonyl (C=O) groups is 1. The standard InChI is InChI=1S/C19H25ClO4/c1-5-11(2)8-12(3)6-7-13-9-14-15(10-24-13)17(21)19(4,23)18(22)16(14)20/h6-9,11,15,17,21,23H,5,10H2,1-4H3/b7-6+,12-8+/t11-,15+,17-,19-/m0/s1. The molecule has 0 radical (unpaired) electrons. The maximum atomic E-state index is 12.1. The van der Waals surface area contributed by atoms with Gasteiger partial charge in [0.05, 0.1) is 11.6 Å². The molecule has 2 N–H and O–H groups in total. The van der Waals surface area contributed by atoms with Crippen molar-refractivity contribution in [3.05, 3.63) is 46.2 Å². The van der Waals surface area contributed by atoms with Gasteiger partial charge in [-0.1, -0.05) is 49.6 Å². The van der Waals surface area contributed by atoms with Crippen molar-refractivity contribution in [1.29, 1.82) is 0 Å². The fraction of sp³-hybridized carbons (Fsp3) is 0.526. The van der Waals surface area contributed by atoms with E-state index in [2.05, 4.69) is 19.9 Å². The molecule has 4 atom stereocenters. The molecule has 24 heavy (non-hydrogen) atoms. The van der Waals surface area contributed by atoms with E-state index >= 15 is 0 Å². The van der Waals surface area contributed by atoms with Crippen LogP contribution in [0.15, 0.2) is 46.2 Å². The molecule has 0 saturated heterocycles. The van der Waals surface area contributed by atoms with Crippen molar-refractivity contribution in [1.82, 2.24) is 0 Å². The molecule has 0 bridgehead atoms. The second kappa shape index (κ2) is 7.26. The molecular formula is C19H25ClO4. The number of carbonyl (C=O) groups excluding carboxylic acids is 1. The third-order valence-electron chi connectivity index (χ3n) is 4.70. The van der Waals surface area contributed by atoms with Crippen LogP contribution < -0.4 is 0 Å². The summed E-state index contributed by atoms with van der Waals surface area (Å²) in [4.78, 5) is 12.1. The Morgan fingerprint density at radius 3 is 2.88 bits per heavy atom. The maximum absolute atomic E-state index is 12.1. The molecule has 0 unspecified atom stereocenters. The number of allylic oxidation sites excluding steroid dienone is 5. The number of aliphatic hydroxyl groups is 2. The second-order valence-electron chi connectivity index (χ2n) is 6.78. The molecule has 0 aromatic rings. The third-order valence-corrected chi connectivity index (χ3v) is 5.09. The van der Waals surface area contributed by atoms with Gasteiger partial charge in [-0.05, 0) is 37.5 Å². The molecule has 0 fully saturated rings. The molecule has 0 saturated carbocycles. The number of aliphatic hydroxyl groups excluding tert-OH is 1. The van der Waals surface area contributed by atoms with Gasteiger partial charge in [0.25, 0.3) is 0 Å². The molecule has 0 aromatic carbocycles. The van der Waals surface area contributed by atoms with Crippen molar-refractivity contribution in [2.45, 2.75) is 45.8 Å². The van der Waals surface area contributed by atoms with E-state index in [-0.39, 0.29) is 11.6 Å². The molecule has 0 spiro atoms. The zero-order chi connectivity index (χ0) is 18.1. The highest BCUT2D eigenvalue weighted by Crippen LogP contribution is 2.40. The normalized spacial score (nSPS) is 32.5. The smallest absolute Gasteiger partial charge is 0.208 e. The molecular weight excluding hydrogens is 328 g/mol. The maximum Gasteiger partial charge on any atom is 0.208 e. The van der Waals surface area contributed by atoms with Crippen molar-refractivity contribution >= 4 is 17.4 Å². The van der Waals surface area contributed by atoms with Gasteiger partial charge in [0, 0.05) is 5.92 Å². The number of fused-ring (bicyclic) bond motifs is 1. The summed E-state index contributed by atoms with van der Waals surface area (Å²) in [6.45, 7) is 7.76. The van der Waals surface area contributed by atoms with Gasteiger partial charge in [-0.2, -0.15) is 0 Å². The number of rotatable bonds is 4. The zero-order valence-corrected chi connectivity index (χ0v) is 15.3. The quantitative estimate of drug-likeness (QED) is 0.762. The van der Waals surface area contributed by atoms with Crippen molar-refractivity contribution in [3.63, 3.8) is 0 Å². The molecule has 5 heteroatoms. The van der Waals surface area contributed by atoms with Gasteiger partial charge < -0.3 is 14.9 Å². The lowest BCUT2D eigenvalue weighted by molar-refractivity contribution is -0.150. The minimum Gasteiger partial charge on any atom is -0.493 e. The number of halogens is 1. The van der Waals surface area contributed by atoms with Gasteiger partial charge in [-0.3, -0.25) is 4.79 Å². The lowest BCUT2D eigenvalue weighted by Crippen LogP contribution is -2.55. The van der Waals surface area contributed by atoms with Crippen LogP contribution in [0.25, 0.3) is 0 Å². The fourth-order valence-electron chi connectivity index (χ4n) is 2.88. The SMILES string of the molecule is CC[C@H](C)/C=C(C)/C=C/C1=CC2=C(Cl)C(=O)[C@@](C)(O)[C@@H](O)[C@@H]2CO1. The molecule has 1 heterocycles. The van der Waals surface area contributed by atoms with Crippen LogP contribution in [0.1, 0.15) is 34.1 Å². The summed E-state index contributed by atoms with van der Waals surface area (Å²) in [5.41, 5.74) is -0.236. The van der Waals surface area contributed by atoms with E-state index in [9.17, 15) is 15.0 Å².